The van der Waals surface area contributed by atoms with Crippen LogP contribution in [0.15, 0.2) is 53.4 Å². The van der Waals surface area contributed by atoms with E-state index in [9.17, 15) is 32.3 Å². The zero-order chi connectivity index (χ0) is 38.6. The third kappa shape index (κ3) is 11.6. The van der Waals surface area contributed by atoms with E-state index in [4.69, 9.17) is 14.2 Å². The van der Waals surface area contributed by atoms with Crippen LogP contribution in [-0.4, -0.2) is 95.3 Å². The summed E-state index contributed by atoms with van der Waals surface area (Å²) in [7, 11) is -7.71. The van der Waals surface area contributed by atoms with E-state index in [1.807, 2.05) is 29.2 Å². The van der Waals surface area contributed by atoms with Crippen molar-refractivity contribution in [3.8, 4) is 11.1 Å². The van der Waals surface area contributed by atoms with Crippen LogP contribution in [0.5, 0.6) is 0 Å². The van der Waals surface area contributed by atoms with Crippen molar-refractivity contribution in [3.63, 3.8) is 0 Å². The first-order valence-electron chi connectivity index (χ1n) is 17.1. The van der Waals surface area contributed by atoms with Gasteiger partial charge >= 0.3 is 18.2 Å². The summed E-state index contributed by atoms with van der Waals surface area (Å²) >= 11 is 0. The number of benzene rings is 2. The molecule has 14 heteroatoms. The van der Waals surface area contributed by atoms with E-state index in [1.54, 1.807) is 86.6 Å². The summed E-state index contributed by atoms with van der Waals surface area (Å²) in [5.74, 6) is -0.794. The van der Waals surface area contributed by atoms with Gasteiger partial charge in [0.1, 0.15) is 16.8 Å². The lowest BCUT2D eigenvalue weighted by Crippen LogP contribution is -2.55. The van der Waals surface area contributed by atoms with E-state index in [-0.39, 0.29) is 56.5 Å². The summed E-state index contributed by atoms with van der Waals surface area (Å²) in [4.78, 5) is 54.6. The summed E-state index contributed by atoms with van der Waals surface area (Å²) in [6.45, 7) is 15.4. The van der Waals surface area contributed by atoms with Gasteiger partial charge in [-0.25, -0.2) is 22.9 Å². The summed E-state index contributed by atoms with van der Waals surface area (Å²) in [5, 5.41) is -1.80. The Morgan fingerprint density at radius 1 is 0.824 bits per heavy atom. The summed E-state index contributed by atoms with van der Waals surface area (Å²) in [5.41, 5.74) is -0.677. The molecule has 51 heavy (non-hydrogen) atoms. The van der Waals surface area contributed by atoms with Crippen molar-refractivity contribution in [3.05, 3.63) is 54.1 Å². The van der Waals surface area contributed by atoms with Crippen LogP contribution in [0.1, 0.15) is 87.1 Å². The van der Waals surface area contributed by atoms with Crippen molar-refractivity contribution >= 4 is 35.4 Å². The molecule has 1 saturated heterocycles. The van der Waals surface area contributed by atoms with Crippen LogP contribution < -0.4 is 0 Å². The molecule has 2 aromatic rings. The molecular weight excluding hydrogens is 695 g/mol. The second-order valence-corrected chi connectivity index (χ2v) is 20.9. The number of hydrogen-bond acceptors (Lipinski definition) is 10. The van der Waals surface area contributed by atoms with Gasteiger partial charge in [-0.15, -0.1) is 0 Å². The molecule has 1 N–H and O–H groups in total. The molecule has 1 aliphatic rings. The van der Waals surface area contributed by atoms with Gasteiger partial charge in [0.15, 0.2) is 15.0 Å². The number of carbonyl (C=O) groups excluding carboxylic acids is 3. The third-order valence-corrected chi connectivity index (χ3v) is 11.9. The maximum Gasteiger partial charge on any atom is 0.419 e. The number of sulfone groups is 1. The van der Waals surface area contributed by atoms with Gasteiger partial charge in [0.25, 0.3) is 0 Å². The standard InChI is InChI=1S/C37H55N2O10PS/c1-34(2,3)47-31(40)37(21-15-16-22-39(32(41)48-35(4,5)6)33(42)49-36(7,8)9)26-38(23-24-50(37,43)44)25-27-17-11-12-18-28(27)29-19-13-14-20-30(29)51(10,45)46/h11-14,17-20H,15-16,21-26H2,1-10H3,(H,43,44)/t37-/m0/s1. The molecule has 0 aromatic heterocycles. The van der Waals surface area contributed by atoms with E-state index in [0.29, 0.717) is 11.1 Å². The fourth-order valence-corrected chi connectivity index (χ4v) is 9.02. The molecule has 3 rings (SSSR count). The predicted molar refractivity (Wildman–Crippen MR) is 197 cm³/mol. The van der Waals surface area contributed by atoms with Crippen LogP contribution in [-0.2, 0) is 40.0 Å². The minimum Gasteiger partial charge on any atom is -0.459 e. The maximum absolute atomic E-state index is 14.1. The molecule has 0 aliphatic carbocycles. The van der Waals surface area contributed by atoms with E-state index in [1.165, 1.54) is 0 Å². The van der Waals surface area contributed by atoms with E-state index in [0.717, 1.165) is 16.7 Å². The molecule has 1 aliphatic heterocycles. The first-order valence-corrected chi connectivity index (χ1v) is 20.9. The zero-order valence-corrected chi connectivity index (χ0v) is 33.4. The minimum absolute atomic E-state index is 0.0543. The minimum atomic E-state index is -4.16. The largest absolute Gasteiger partial charge is 0.459 e. The van der Waals surface area contributed by atoms with Crippen LogP contribution in [0.25, 0.3) is 11.1 Å². The molecule has 1 fully saturated rings. The molecular formula is C37H55N2O10PS. The Morgan fingerprint density at radius 3 is 1.86 bits per heavy atom. The topological polar surface area (TPSA) is 157 Å². The van der Waals surface area contributed by atoms with Crippen LogP contribution in [0.4, 0.5) is 9.59 Å². The average molecular weight is 751 g/mol. The van der Waals surface area contributed by atoms with Gasteiger partial charge in [-0.05, 0) is 98.8 Å². The highest BCUT2D eigenvalue weighted by Gasteiger charge is 2.58. The fraction of sp³-hybridized carbons (Fsp3) is 0.595. The highest BCUT2D eigenvalue weighted by molar-refractivity contribution is 7.90. The van der Waals surface area contributed by atoms with Crippen LogP contribution >= 0.6 is 7.37 Å². The molecule has 2 aromatic carbocycles. The Morgan fingerprint density at radius 2 is 1.33 bits per heavy atom. The van der Waals surface area contributed by atoms with E-state index < -0.39 is 57.3 Å². The number of esters is 1. The van der Waals surface area contributed by atoms with Crippen molar-refractivity contribution in [2.24, 2.45) is 0 Å². The molecule has 284 valence electrons. The molecule has 2 amide bonds. The number of rotatable bonds is 10. The molecule has 0 radical (unpaired) electrons. The first kappa shape index (κ1) is 42.2. The molecule has 1 heterocycles. The van der Waals surface area contributed by atoms with Crippen LogP contribution in [0.2, 0.25) is 0 Å². The Labute approximate surface area is 303 Å². The Kier molecular flexibility index (Phi) is 13.0. The Balaban J connectivity index is 1.94. The van der Waals surface area contributed by atoms with Crippen molar-refractivity contribution in [1.82, 2.24) is 9.80 Å². The number of amides is 2. The quantitative estimate of drug-likeness (QED) is 0.113. The van der Waals surface area contributed by atoms with Crippen molar-refractivity contribution < 1.29 is 46.5 Å². The SMILES string of the molecule is CC(C)(C)OC(=O)N(CCCC[C@@]1(C(=O)OC(C)(C)C)CN(Cc2ccccc2-c2ccccc2S(C)(=O)=O)CCP1(=O)O)C(=O)OC(C)(C)C. The highest BCUT2D eigenvalue weighted by Crippen LogP contribution is 2.60. The summed E-state index contributed by atoms with van der Waals surface area (Å²) in [6.07, 6.45) is -0.449. The average Bonchev–Trinajstić information content (AvgIpc) is 2.95. The highest BCUT2D eigenvalue weighted by atomic mass is 32.2. The van der Waals surface area contributed by atoms with Gasteiger partial charge < -0.3 is 19.1 Å². The lowest BCUT2D eigenvalue weighted by Gasteiger charge is -2.45. The lowest BCUT2D eigenvalue weighted by molar-refractivity contribution is -0.159. The van der Waals surface area contributed by atoms with Gasteiger partial charge in [-0.1, -0.05) is 42.5 Å². The maximum atomic E-state index is 14.1. The van der Waals surface area contributed by atoms with Crippen LogP contribution in [0.3, 0.4) is 0 Å². The normalized spacial score (nSPS) is 20.4. The van der Waals surface area contributed by atoms with Gasteiger partial charge in [-0.2, -0.15) is 0 Å². The zero-order valence-electron chi connectivity index (χ0n) is 31.6. The lowest BCUT2D eigenvalue weighted by atomic mass is 9.96. The number of hydrogen-bond donors (Lipinski definition) is 1. The summed E-state index contributed by atoms with van der Waals surface area (Å²) in [6, 6.07) is 14.1. The van der Waals surface area contributed by atoms with Gasteiger partial charge in [0.2, 0.25) is 7.37 Å². The molecule has 2 atom stereocenters. The number of unbranched alkanes of at least 4 members (excludes halogenated alkanes) is 1. The second kappa shape index (κ2) is 15.8. The van der Waals surface area contributed by atoms with E-state index >= 15 is 0 Å². The summed E-state index contributed by atoms with van der Waals surface area (Å²) < 4.78 is 56.2. The molecule has 0 bridgehead atoms. The fourth-order valence-electron chi connectivity index (χ4n) is 5.87. The monoisotopic (exact) mass is 750 g/mol. The van der Waals surface area contributed by atoms with Crippen molar-refractivity contribution in [2.45, 2.75) is 115 Å². The number of carbonyl (C=O) groups is 3. The number of imide groups is 1. The third-order valence-electron chi connectivity index (χ3n) is 8.09. The number of ether oxygens (including phenoxy) is 3. The molecule has 12 nitrogen and oxygen atoms in total. The molecule has 0 spiro atoms. The Hall–Kier alpha value is -3.25. The molecule has 1 unspecified atom stereocenters. The van der Waals surface area contributed by atoms with Gasteiger partial charge in [0.05, 0.1) is 4.90 Å². The Bertz CT molecular complexity index is 1710. The molecule has 0 saturated carbocycles. The predicted octanol–water partition coefficient (Wildman–Crippen LogP) is 7.27. The smallest absolute Gasteiger partial charge is 0.419 e. The van der Waals surface area contributed by atoms with Gasteiger partial charge in [-0.3, -0.25) is 14.3 Å². The van der Waals surface area contributed by atoms with Gasteiger partial charge in [0, 0.05) is 44.2 Å². The first-order chi connectivity index (χ1) is 23.2. The van der Waals surface area contributed by atoms with E-state index in [2.05, 4.69) is 0 Å². The van der Waals surface area contributed by atoms with Crippen LogP contribution in [0, 0.1) is 0 Å². The second-order valence-electron chi connectivity index (χ2n) is 16.2. The van der Waals surface area contributed by atoms with Crippen molar-refractivity contribution in [1.29, 1.82) is 0 Å². The number of nitrogens with zero attached hydrogens (tertiary/aromatic N) is 2. The van der Waals surface area contributed by atoms with Crippen molar-refractivity contribution in [2.75, 3.05) is 32.1 Å².